The number of benzene rings is 1. The van der Waals surface area contributed by atoms with Crippen LogP contribution in [0.25, 0.3) is 0 Å². The second-order valence-corrected chi connectivity index (χ2v) is 6.02. The lowest BCUT2D eigenvalue weighted by Gasteiger charge is -2.08. The van der Waals surface area contributed by atoms with Crippen LogP contribution < -0.4 is 0 Å². The molecule has 2 rings (SSSR count). The lowest BCUT2D eigenvalue weighted by Crippen LogP contribution is -2.22. The van der Waals surface area contributed by atoms with E-state index in [9.17, 15) is 26.0 Å². The molecule has 11 heteroatoms. The normalized spacial score (nSPS) is 12.6. The average molecular weight is 324 g/mol. The van der Waals surface area contributed by atoms with Crippen LogP contribution in [-0.2, 0) is 22.1 Å². The molecule has 0 N–H and O–H groups in total. The van der Waals surface area contributed by atoms with Gasteiger partial charge in [0.2, 0.25) is 0 Å². The monoisotopic (exact) mass is 324 g/mol. The molecule has 0 saturated carbocycles. The van der Waals surface area contributed by atoms with Gasteiger partial charge in [-0.1, -0.05) is 12.1 Å². The van der Waals surface area contributed by atoms with Crippen molar-refractivity contribution in [2.24, 2.45) is 0 Å². The van der Waals surface area contributed by atoms with Gasteiger partial charge in [-0.3, -0.25) is 0 Å². The summed E-state index contributed by atoms with van der Waals surface area (Å²) in [6.07, 6.45) is -4.61. The summed E-state index contributed by atoms with van der Waals surface area (Å²) < 4.78 is 74.7. The number of aromatic nitrogens is 4. The molecular formula is C10H8F4N4O2S. The van der Waals surface area contributed by atoms with Crippen LogP contribution >= 0.6 is 0 Å². The van der Waals surface area contributed by atoms with Gasteiger partial charge in [0.25, 0.3) is 0 Å². The van der Waals surface area contributed by atoms with Gasteiger partial charge in [0.15, 0.2) is 15.7 Å². The second-order valence-electron chi connectivity index (χ2n) is 4.06. The maximum atomic E-state index is 13.5. The van der Waals surface area contributed by atoms with E-state index in [4.69, 9.17) is 0 Å². The minimum absolute atomic E-state index is 0.318. The highest BCUT2D eigenvalue weighted by molar-refractivity contribution is 7.90. The minimum Gasteiger partial charge on any atom is -0.223 e. The molecule has 21 heavy (non-hydrogen) atoms. The highest BCUT2D eigenvalue weighted by Crippen LogP contribution is 2.21. The largest absolute Gasteiger partial charge is 0.408 e. The van der Waals surface area contributed by atoms with Crippen molar-refractivity contribution in [3.63, 3.8) is 0 Å². The molecule has 1 aromatic heterocycles. The summed E-state index contributed by atoms with van der Waals surface area (Å²) in [6.45, 7) is -1.53. The number of tetrazole rings is 1. The lowest BCUT2D eigenvalue weighted by molar-refractivity contribution is -0.143. The predicted octanol–water partition coefficient (Wildman–Crippen LogP) is 1.35. The lowest BCUT2D eigenvalue weighted by atomic mass is 10.3. The van der Waals surface area contributed by atoms with Gasteiger partial charge in [0.05, 0.1) is 0 Å². The summed E-state index contributed by atoms with van der Waals surface area (Å²) in [4.78, 5) is -0.619. The van der Waals surface area contributed by atoms with Crippen molar-refractivity contribution in [1.29, 1.82) is 0 Å². The Morgan fingerprint density at radius 2 is 1.86 bits per heavy atom. The first-order chi connectivity index (χ1) is 9.69. The van der Waals surface area contributed by atoms with Gasteiger partial charge in [-0.25, -0.2) is 17.5 Å². The van der Waals surface area contributed by atoms with Crippen molar-refractivity contribution in [3.8, 4) is 0 Å². The molecule has 1 heterocycles. The standard InChI is InChI=1S/C10H8F4N4O2S/c11-7-3-1-2-4-8(7)21(19,20)5-9-15-16-17-18(9)6-10(12,13)14/h1-4H,5-6H2. The van der Waals surface area contributed by atoms with E-state index >= 15 is 0 Å². The van der Waals surface area contributed by atoms with Crippen molar-refractivity contribution >= 4 is 9.84 Å². The Labute approximate surface area is 116 Å². The fraction of sp³-hybridized carbons (Fsp3) is 0.300. The van der Waals surface area contributed by atoms with Crippen molar-refractivity contribution in [3.05, 3.63) is 35.9 Å². The molecular weight excluding hydrogens is 316 g/mol. The molecule has 6 nitrogen and oxygen atoms in total. The van der Waals surface area contributed by atoms with Gasteiger partial charge in [-0.05, 0) is 22.6 Å². The Morgan fingerprint density at radius 1 is 1.19 bits per heavy atom. The van der Waals surface area contributed by atoms with E-state index < -0.39 is 44.8 Å². The summed E-state index contributed by atoms with van der Waals surface area (Å²) in [6, 6.07) is 4.55. The predicted molar refractivity (Wildman–Crippen MR) is 61.2 cm³/mol. The van der Waals surface area contributed by atoms with Crippen LogP contribution in [-0.4, -0.2) is 34.8 Å². The van der Waals surface area contributed by atoms with Gasteiger partial charge in [0, 0.05) is 0 Å². The fourth-order valence-corrected chi connectivity index (χ4v) is 2.92. The molecule has 0 unspecified atom stereocenters. The number of sulfone groups is 1. The van der Waals surface area contributed by atoms with Gasteiger partial charge in [-0.2, -0.15) is 13.2 Å². The molecule has 0 radical (unpaired) electrons. The summed E-state index contributed by atoms with van der Waals surface area (Å²) in [5.74, 6) is -2.44. The molecule has 2 aromatic rings. The Bertz CT molecular complexity index is 742. The Kier molecular flexibility index (Phi) is 3.94. The molecule has 0 aliphatic carbocycles. The molecule has 0 aliphatic rings. The first-order valence-corrected chi connectivity index (χ1v) is 7.13. The molecule has 0 spiro atoms. The molecule has 0 fully saturated rings. The zero-order valence-electron chi connectivity index (χ0n) is 10.2. The molecule has 0 saturated heterocycles. The Balaban J connectivity index is 2.31. The summed E-state index contributed by atoms with van der Waals surface area (Å²) in [7, 11) is -4.20. The minimum atomic E-state index is -4.61. The number of rotatable bonds is 4. The number of alkyl halides is 3. The third-order valence-electron chi connectivity index (χ3n) is 2.43. The summed E-state index contributed by atoms with van der Waals surface area (Å²) >= 11 is 0. The van der Waals surface area contributed by atoms with Crippen LogP contribution in [0.4, 0.5) is 17.6 Å². The van der Waals surface area contributed by atoms with E-state index in [1.165, 1.54) is 12.1 Å². The maximum absolute atomic E-state index is 13.5. The number of hydrogen-bond donors (Lipinski definition) is 0. The van der Waals surface area contributed by atoms with Crippen LogP contribution in [0.15, 0.2) is 29.2 Å². The van der Waals surface area contributed by atoms with Crippen LogP contribution in [0.3, 0.4) is 0 Å². The third-order valence-corrected chi connectivity index (χ3v) is 4.07. The first-order valence-electron chi connectivity index (χ1n) is 5.48. The zero-order chi connectivity index (χ0) is 15.7. The molecule has 0 atom stereocenters. The molecule has 0 bridgehead atoms. The van der Waals surface area contributed by atoms with Crippen LogP contribution in [0.1, 0.15) is 5.82 Å². The topological polar surface area (TPSA) is 77.7 Å². The van der Waals surface area contributed by atoms with Crippen molar-refractivity contribution in [2.75, 3.05) is 0 Å². The van der Waals surface area contributed by atoms with Gasteiger partial charge < -0.3 is 0 Å². The quantitative estimate of drug-likeness (QED) is 0.793. The van der Waals surface area contributed by atoms with Crippen molar-refractivity contribution in [1.82, 2.24) is 20.2 Å². The molecule has 0 aliphatic heterocycles. The highest BCUT2D eigenvalue weighted by Gasteiger charge is 2.31. The smallest absolute Gasteiger partial charge is 0.223 e. The first kappa shape index (κ1) is 15.4. The zero-order valence-corrected chi connectivity index (χ0v) is 11.1. The summed E-state index contributed by atoms with van der Waals surface area (Å²) in [5, 5.41) is 9.33. The van der Waals surface area contributed by atoms with E-state index in [-0.39, 0.29) is 0 Å². The average Bonchev–Trinajstić information content (AvgIpc) is 2.74. The maximum Gasteiger partial charge on any atom is 0.408 e. The molecule has 0 amide bonds. The fourth-order valence-electron chi connectivity index (χ4n) is 1.56. The van der Waals surface area contributed by atoms with Crippen molar-refractivity contribution < 1.29 is 26.0 Å². The number of halogens is 4. The van der Waals surface area contributed by atoms with Crippen LogP contribution in [0, 0.1) is 5.82 Å². The summed E-state index contributed by atoms with van der Waals surface area (Å²) in [5.41, 5.74) is 0. The SMILES string of the molecule is O=S(=O)(Cc1nnnn1CC(F)(F)F)c1ccccc1F. The van der Waals surface area contributed by atoms with Gasteiger partial charge in [-0.15, -0.1) is 5.10 Å². The number of nitrogens with zero attached hydrogens (tertiary/aromatic N) is 4. The number of hydrogen-bond acceptors (Lipinski definition) is 5. The van der Waals surface area contributed by atoms with E-state index in [1.807, 2.05) is 0 Å². The third kappa shape index (κ3) is 3.74. The molecule has 1 aromatic carbocycles. The Morgan fingerprint density at radius 3 is 2.48 bits per heavy atom. The second kappa shape index (κ2) is 5.39. The van der Waals surface area contributed by atoms with E-state index in [2.05, 4.69) is 15.5 Å². The van der Waals surface area contributed by atoms with Gasteiger partial charge >= 0.3 is 6.18 Å². The van der Waals surface area contributed by atoms with E-state index in [0.29, 0.717) is 4.68 Å². The van der Waals surface area contributed by atoms with Crippen molar-refractivity contribution in [2.45, 2.75) is 23.4 Å². The van der Waals surface area contributed by atoms with Crippen LogP contribution in [0.2, 0.25) is 0 Å². The van der Waals surface area contributed by atoms with Gasteiger partial charge in [0.1, 0.15) is 23.0 Å². The molecule has 114 valence electrons. The highest BCUT2D eigenvalue weighted by atomic mass is 32.2. The van der Waals surface area contributed by atoms with Crippen LogP contribution in [0.5, 0.6) is 0 Å². The van der Waals surface area contributed by atoms with E-state index in [0.717, 1.165) is 12.1 Å². The Hall–Kier alpha value is -2.04. The van der Waals surface area contributed by atoms with E-state index in [1.54, 1.807) is 0 Å².